The highest BCUT2D eigenvalue weighted by Crippen LogP contribution is 2.23. The molecule has 0 bridgehead atoms. The molecule has 0 saturated carbocycles. The smallest absolute Gasteiger partial charge is 0.149 e. The van der Waals surface area contributed by atoms with Crippen LogP contribution in [0.4, 0.5) is 14.5 Å². The summed E-state index contributed by atoms with van der Waals surface area (Å²) in [6, 6.07) is 2.26. The molecule has 0 amide bonds. The number of hydrogen-bond acceptors (Lipinski definition) is 2. The van der Waals surface area contributed by atoms with E-state index in [0.717, 1.165) is 31.7 Å². The summed E-state index contributed by atoms with van der Waals surface area (Å²) in [4.78, 5) is 0. The van der Waals surface area contributed by atoms with Gasteiger partial charge in [0.15, 0.2) is 0 Å². The topological polar surface area (TPSA) is 32.3 Å². The maximum absolute atomic E-state index is 13.3. The molecular formula is C12H16BrF2NO. The molecule has 0 radical (unpaired) electrons. The zero-order valence-corrected chi connectivity index (χ0v) is 11.1. The van der Waals surface area contributed by atoms with E-state index in [9.17, 15) is 8.78 Å². The van der Waals surface area contributed by atoms with Gasteiger partial charge in [-0.05, 0) is 34.8 Å². The zero-order valence-electron chi connectivity index (χ0n) is 9.48. The van der Waals surface area contributed by atoms with Crippen molar-refractivity contribution in [3.63, 3.8) is 0 Å². The van der Waals surface area contributed by atoms with Gasteiger partial charge in [0, 0.05) is 19.2 Å². The average Bonchev–Trinajstić information content (AvgIpc) is 2.30. The van der Waals surface area contributed by atoms with Gasteiger partial charge in [-0.25, -0.2) is 8.78 Å². The van der Waals surface area contributed by atoms with Crippen molar-refractivity contribution >= 4 is 21.6 Å². The lowest BCUT2D eigenvalue weighted by molar-refractivity contribution is 0.283. The summed E-state index contributed by atoms with van der Waals surface area (Å²) in [5.41, 5.74) is 0.306. The van der Waals surface area contributed by atoms with E-state index in [-0.39, 0.29) is 11.1 Å². The van der Waals surface area contributed by atoms with Gasteiger partial charge in [-0.1, -0.05) is 12.8 Å². The van der Waals surface area contributed by atoms with E-state index in [2.05, 4.69) is 21.2 Å². The summed E-state index contributed by atoms with van der Waals surface area (Å²) in [6.07, 6.45) is 3.65. The maximum Gasteiger partial charge on any atom is 0.149 e. The lowest BCUT2D eigenvalue weighted by atomic mass is 10.2. The molecule has 0 saturated heterocycles. The molecule has 1 rings (SSSR count). The number of unbranched alkanes of at least 4 members (excludes halogenated alkanes) is 3. The van der Waals surface area contributed by atoms with Crippen LogP contribution in [0.3, 0.4) is 0 Å². The van der Waals surface area contributed by atoms with Crippen LogP contribution in [-0.2, 0) is 0 Å². The van der Waals surface area contributed by atoms with Gasteiger partial charge >= 0.3 is 0 Å². The molecule has 96 valence electrons. The number of aliphatic hydroxyl groups is 1. The van der Waals surface area contributed by atoms with Crippen LogP contribution in [0.5, 0.6) is 0 Å². The van der Waals surface area contributed by atoms with Crippen LogP contribution in [0, 0.1) is 11.6 Å². The Labute approximate surface area is 108 Å². The van der Waals surface area contributed by atoms with Crippen LogP contribution in [-0.4, -0.2) is 18.3 Å². The van der Waals surface area contributed by atoms with Gasteiger partial charge in [-0.3, -0.25) is 0 Å². The van der Waals surface area contributed by atoms with Gasteiger partial charge in [0.2, 0.25) is 0 Å². The minimum Gasteiger partial charge on any atom is -0.396 e. The Morgan fingerprint density at radius 1 is 1.06 bits per heavy atom. The van der Waals surface area contributed by atoms with E-state index in [0.29, 0.717) is 12.2 Å². The number of hydrogen-bond donors (Lipinski definition) is 2. The second kappa shape index (κ2) is 7.61. The van der Waals surface area contributed by atoms with Crippen LogP contribution in [0.15, 0.2) is 16.6 Å². The number of halogens is 3. The summed E-state index contributed by atoms with van der Waals surface area (Å²) in [5.74, 6) is -1.18. The van der Waals surface area contributed by atoms with Gasteiger partial charge in [0.1, 0.15) is 11.6 Å². The number of benzene rings is 1. The Morgan fingerprint density at radius 3 is 2.47 bits per heavy atom. The van der Waals surface area contributed by atoms with Crippen LogP contribution >= 0.6 is 15.9 Å². The van der Waals surface area contributed by atoms with Gasteiger partial charge in [0.05, 0.1) is 10.2 Å². The Hall–Kier alpha value is -0.680. The highest BCUT2D eigenvalue weighted by Gasteiger charge is 2.07. The molecule has 5 heteroatoms. The second-order valence-electron chi connectivity index (χ2n) is 3.81. The second-order valence-corrected chi connectivity index (χ2v) is 4.67. The number of rotatable bonds is 7. The Kier molecular flexibility index (Phi) is 6.44. The molecule has 0 unspecified atom stereocenters. The van der Waals surface area contributed by atoms with Gasteiger partial charge in [-0.15, -0.1) is 0 Å². The molecule has 0 atom stereocenters. The molecule has 0 aliphatic heterocycles. The minimum atomic E-state index is -0.601. The SMILES string of the molecule is OCCCCCCNc1cc(Br)c(F)cc1F. The van der Waals surface area contributed by atoms with Crippen LogP contribution < -0.4 is 5.32 Å². The van der Waals surface area contributed by atoms with Crippen LogP contribution in [0.1, 0.15) is 25.7 Å². The van der Waals surface area contributed by atoms with Gasteiger partial charge < -0.3 is 10.4 Å². The first kappa shape index (κ1) is 14.4. The van der Waals surface area contributed by atoms with Crippen LogP contribution in [0.25, 0.3) is 0 Å². The normalized spacial score (nSPS) is 10.6. The minimum absolute atomic E-state index is 0.215. The standard InChI is InChI=1S/C12H16BrF2NO/c13-9-7-12(11(15)8-10(9)14)16-5-3-1-2-4-6-17/h7-8,16-17H,1-6H2. The van der Waals surface area contributed by atoms with Crippen molar-refractivity contribution in [3.05, 3.63) is 28.2 Å². The molecule has 2 N–H and O–H groups in total. The predicted octanol–water partition coefficient (Wildman–Crippen LogP) is 3.69. The quantitative estimate of drug-likeness (QED) is 0.595. The van der Waals surface area contributed by atoms with Gasteiger partial charge in [0.25, 0.3) is 0 Å². The largest absolute Gasteiger partial charge is 0.396 e. The Balaban J connectivity index is 2.34. The number of aliphatic hydroxyl groups excluding tert-OH is 1. The summed E-state index contributed by atoms with van der Waals surface area (Å²) in [6.45, 7) is 0.855. The first-order valence-electron chi connectivity index (χ1n) is 5.64. The fourth-order valence-electron chi connectivity index (χ4n) is 1.47. The molecule has 17 heavy (non-hydrogen) atoms. The molecule has 0 heterocycles. The van der Waals surface area contributed by atoms with E-state index in [4.69, 9.17) is 5.11 Å². The lowest BCUT2D eigenvalue weighted by Crippen LogP contribution is -2.04. The molecule has 1 aromatic carbocycles. The number of nitrogens with one attached hydrogen (secondary N) is 1. The van der Waals surface area contributed by atoms with E-state index >= 15 is 0 Å². The Bertz CT molecular complexity index is 361. The molecule has 0 aliphatic carbocycles. The fraction of sp³-hybridized carbons (Fsp3) is 0.500. The third-order valence-corrected chi connectivity index (χ3v) is 3.02. The van der Waals surface area contributed by atoms with Gasteiger partial charge in [-0.2, -0.15) is 0 Å². The van der Waals surface area contributed by atoms with Crippen molar-refractivity contribution in [3.8, 4) is 0 Å². The summed E-state index contributed by atoms with van der Waals surface area (Å²) < 4.78 is 26.5. The average molecular weight is 308 g/mol. The first-order valence-corrected chi connectivity index (χ1v) is 6.43. The molecule has 0 spiro atoms. The first-order chi connectivity index (χ1) is 8.15. The highest BCUT2D eigenvalue weighted by atomic mass is 79.9. The van der Waals surface area contributed by atoms with Crippen molar-refractivity contribution in [1.82, 2.24) is 0 Å². The fourth-order valence-corrected chi connectivity index (χ4v) is 1.81. The molecule has 1 aromatic rings. The summed E-state index contributed by atoms with van der Waals surface area (Å²) >= 11 is 3.01. The van der Waals surface area contributed by atoms with Crippen molar-refractivity contribution < 1.29 is 13.9 Å². The molecule has 0 aliphatic rings. The third kappa shape index (κ3) is 5.00. The zero-order chi connectivity index (χ0) is 12.7. The predicted molar refractivity (Wildman–Crippen MR) is 68.1 cm³/mol. The molecular weight excluding hydrogens is 292 g/mol. The van der Waals surface area contributed by atoms with Crippen molar-refractivity contribution in [2.75, 3.05) is 18.5 Å². The summed E-state index contributed by atoms with van der Waals surface area (Å²) in [7, 11) is 0. The van der Waals surface area contributed by atoms with E-state index < -0.39 is 11.6 Å². The van der Waals surface area contributed by atoms with Crippen molar-refractivity contribution in [2.24, 2.45) is 0 Å². The number of anilines is 1. The van der Waals surface area contributed by atoms with E-state index in [1.165, 1.54) is 6.07 Å². The maximum atomic E-state index is 13.3. The van der Waals surface area contributed by atoms with E-state index in [1.807, 2.05) is 0 Å². The van der Waals surface area contributed by atoms with Crippen molar-refractivity contribution in [1.29, 1.82) is 0 Å². The Morgan fingerprint density at radius 2 is 1.76 bits per heavy atom. The van der Waals surface area contributed by atoms with E-state index in [1.54, 1.807) is 0 Å². The molecule has 0 fully saturated rings. The summed E-state index contributed by atoms with van der Waals surface area (Å²) in [5, 5.41) is 11.5. The lowest BCUT2D eigenvalue weighted by Gasteiger charge is -2.08. The third-order valence-electron chi connectivity index (χ3n) is 2.41. The highest BCUT2D eigenvalue weighted by molar-refractivity contribution is 9.10. The molecule has 2 nitrogen and oxygen atoms in total. The van der Waals surface area contributed by atoms with Crippen molar-refractivity contribution in [2.45, 2.75) is 25.7 Å². The van der Waals surface area contributed by atoms with Crippen LogP contribution in [0.2, 0.25) is 0 Å². The monoisotopic (exact) mass is 307 g/mol. The molecule has 0 aromatic heterocycles.